The number of aliphatic hydroxyl groups is 8. The van der Waals surface area contributed by atoms with Crippen LogP contribution < -0.4 is 0 Å². The fraction of sp³-hybridized carbons (Fsp3) is 0.923. The second-order valence-corrected chi connectivity index (χ2v) is 6.06. The Morgan fingerprint density at radius 3 is 1.96 bits per heavy atom. The highest BCUT2D eigenvalue weighted by molar-refractivity contribution is 5.73. The number of aliphatic hydroxyl groups excluding tert-OH is 8. The Morgan fingerprint density at radius 1 is 0.846 bits per heavy atom. The molecule has 2 saturated heterocycles. The lowest BCUT2D eigenvalue weighted by Crippen LogP contribution is -2.64. The van der Waals surface area contributed by atoms with Gasteiger partial charge in [-0.25, -0.2) is 4.79 Å². The van der Waals surface area contributed by atoms with Crippen molar-refractivity contribution in [3.05, 3.63) is 0 Å². The summed E-state index contributed by atoms with van der Waals surface area (Å²) in [6, 6.07) is 0. The molecule has 26 heavy (non-hydrogen) atoms. The lowest BCUT2D eigenvalue weighted by molar-refractivity contribution is -0.341. The van der Waals surface area contributed by atoms with E-state index in [1.165, 1.54) is 0 Å². The second-order valence-electron chi connectivity index (χ2n) is 6.06. The van der Waals surface area contributed by atoms with Gasteiger partial charge in [0.25, 0.3) is 0 Å². The van der Waals surface area contributed by atoms with E-state index in [0.29, 0.717) is 0 Å². The van der Waals surface area contributed by atoms with E-state index in [2.05, 4.69) is 0 Å². The summed E-state index contributed by atoms with van der Waals surface area (Å²) in [5, 5.41) is 86.2. The molecule has 13 nitrogen and oxygen atoms in total. The summed E-state index contributed by atoms with van der Waals surface area (Å²) in [5.41, 5.74) is 0. The number of ether oxygens (including phenoxy) is 3. The van der Waals surface area contributed by atoms with Crippen LogP contribution in [-0.4, -0.2) is 126 Å². The van der Waals surface area contributed by atoms with E-state index in [9.17, 15) is 45.6 Å². The highest BCUT2D eigenvalue weighted by Gasteiger charge is 2.51. The van der Waals surface area contributed by atoms with Gasteiger partial charge in [0.05, 0.1) is 6.61 Å². The van der Waals surface area contributed by atoms with Gasteiger partial charge < -0.3 is 60.2 Å². The van der Waals surface area contributed by atoms with Crippen LogP contribution in [-0.2, 0) is 19.0 Å². The summed E-state index contributed by atoms with van der Waals surface area (Å²) in [5.74, 6) is -1.65. The topological polar surface area (TPSA) is 227 Å². The molecule has 9 N–H and O–H groups in total. The second kappa shape index (κ2) is 8.37. The maximum atomic E-state index is 11.1. The van der Waals surface area contributed by atoms with Gasteiger partial charge in [0.2, 0.25) is 0 Å². The van der Waals surface area contributed by atoms with Gasteiger partial charge in [0.1, 0.15) is 48.8 Å². The van der Waals surface area contributed by atoms with Crippen molar-refractivity contribution < 1.29 is 65.0 Å². The first-order chi connectivity index (χ1) is 12.1. The minimum atomic E-state index is -1.95. The molecule has 2 rings (SSSR count). The van der Waals surface area contributed by atoms with E-state index in [4.69, 9.17) is 19.3 Å². The van der Waals surface area contributed by atoms with Crippen LogP contribution in [0.2, 0.25) is 0 Å². The lowest BCUT2D eigenvalue weighted by atomic mass is 9.95. The third-order valence-electron chi connectivity index (χ3n) is 4.29. The Balaban J connectivity index is 2.14. The third-order valence-corrected chi connectivity index (χ3v) is 4.29. The number of rotatable bonds is 5. The molecule has 0 aromatic heterocycles. The van der Waals surface area contributed by atoms with Crippen molar-refractivity contribution in [2.24, 2.45) is 0 Å². The standard InChI is InChI=1S/C13H22O13/c14-1-2(9-5(17)3(15)7(19)12(23)25-9)24-13-8(20)4(16)6(18)10(26-13)11(21)22/h2-10,12-20,23H,1H2,(H,21,22). The molecule has 0 aromatic carbocycles. The lowest BCUT2D eigenvalue weighted by Gasteiger charge is -2.44. The van der Waals surface area contributed by atoms with Gasteiger partial charge in [-0.1, -0.05) is 0 Å². The summed E-state index contributed by atoms with van der Waals surface area (Å²) < 4.78 is 14.9. The highest BCUT2D eigenvalue weighted by Crippen LogP contribution is 2.28. The molecule has 2 heterocycles. The first-order valence-electron chi connectivity index (χ1n) is 7.66. The van der Waals surface area contributed by atoms with E-state index in [0.717, 1.165) is 0 Å². The van der Waals surface area contributed by atoms with E-state index in [1.807, 2.05) is 0 Å². The van der Waals surface area contributed by atoms with Crippen molar-refractivity contribution in [3.8, 4) is 0 Å². The summed E-state index contributed by atoms with van der Waals surface area (Å²) in [6.45, 7) is -0.903. The summed E-state index contributed by atoms with van der Waals surface area (Å²) in [4.78, 5) is 11.1. The maximum Gasteiger partial charge on any atom is 0.335 e. The van der Waals surface area contributed by atoms with Crippen LogP contribution in [0.3, 0.4) is 0 Å². The number of hydrogen-bond donors (Lipinski definition) is 9. The van der Waals surface area contributed by atoms with Gasteiger partial charge >= 0.3 is 5.97 Å². The van der Waals surface area contributed by atoms with Crippen molar-refractivity contribution in [3.63, 3.8) is 0 Å². The van der Waals surface area contributed by atoms with Gasteiger partial charge in [-0.05, 0) is 0 Å². The molecule has 0 spiro atoms. The van der Waals surface area contributed by atoms with Gasteiger partial charge in [-0.3, -0.25) is 0 Å². The van der Waals surface area contributed by atoms with Crippen LogP contribution in [0.25, 0.3) is 0 Å². The molecule has 11 unspecified atom stereocenters. The number of hydrogen-bond acceptors (Lipinski definition) is 12. The zero-order valence-electron chi connectivity index (χ0n) is 13.2. The van der Waals surface area contributed by atoms with Crippen LogP contribution >= 0.6 is 0 Å². The average molecular weight is 386 g/mol. The molecular formula is C13H22O13. The van der Waals surface area contributed by atoms with Gasteiger partial charge in [0, 0.05) is 0 Å². The van der Waals surface area contributed by atoms with Crippen molar-refractivity contribution >= 4 is 5.97 Å². The molecule has 0 bridgehead atoms. The largest absolute Gasteiger partial charge is 0.479 e. The number of carboxylic acids is 1. The molecule has 0 radical (unpaired) electrons. The molecule has 0 saturated carbocycles. The van der Waals surface area contributed by atoms with E-state index in [-0.39, 0.29) is 0 Å². The number of carboxylic acid groups (broad SMARTS) is 1. The minimum Gasteiger partial charge on any atom is -0.479 e. The average Bonchev–Trinajstić information content (AvgIpc) is 2.60. The first kappa shape index (κ1) is 21.3. The molecule has 13 heteroatoms. The number of aliphatic carboxylic acids is 1. The van der Waals surface area contributed by atoms with E-state index in [1.54, 1.807) is 0 Å². The minimum absolute atomic E-state index is 0.903. The van der Waals surface area contributed by atoms with Crippen LogP contribution in [0.15, 0.2) is 0 Å². The third kappa shape index (κ3) is 3.97. The Labute approximate surface area is 146 Å². The monoisotopic (exact) mass is 386 g/mol. The fourth-order valence-corrected chi connectivity index (χ4v) is 2.76. The predicted octanol–water partition coefficient (Wildman–Crippen LogP) is -5.94. The molecule has 11 atom stereocenters. The van der Waals surface area contributed by atoms with Crippen molar-refractivity contribution in [2.45, 2.75) is 67.5 Å². The SMILES string of the molecule is O=C(O)C1OC(OC(CO)C2OC(O)C(O)C(O)C2O)C(O)C(O)C1O. The maximum absolute atomic E-state index is 11.1. The quantitative estimate of drug-likeness (QED) is 0.215. The van der Waals surface area contributed by atoms with Crippen LogP contribution in [0, 0.1) is 0 Å². The van der Waals surface area contributed by atoms with Gasteiger partial charge in [-0.2, -0.15) is 0 Å². The predicted molar refractivity (Wildman–Crippen MR) is 75.2 cm³/mol. The fourth-order valence-electron chi connectivity index (χ4n) is 2.76. The molecule has 2 aliphatic heterocycles. The zero-order chi connectivity index (χ0) is 19.8. The summed E-state index contributed by atoms with van der Waals surface area (Å²) in [6.07, 6.45) is -20.2. The molecule has 0 amide bonds. The molecule has 0 aromatic rings. The van der Waals surface area contributed by atoms with Crippen molar-refractivity contribution in [2.75, 3.05) is 6.61 Å². The first-order valence-corrected chi connectivity index (χ1v) is 7.66. The van der Waals surface area contributed by atoms with Gasteiger partial charge in [-0.15, -0.1) is 0 Å². The normalized spacial score (nSPS) is 48.2. The molecule has 2 fully saturated rings. The Bertz CT molecular complexity index is 489. The van der Waals surface area contributed by atoms with Crippen LogP contribution in [0.5, 0.6) is 0 Å². The zero-order valence-corrected chi connectivity index (χ0v) is 13.2. The van der Waals surface area contributed by atoms with Crippen LogP contribution in [0.1, 0.15) is 0 Å². The van der Waals surface area contributed by atoms with Gasteiger partial charge in [0.15, 0.2) is 18.7 Å². The van der Waals surface area contributed by atoms with E-state index >= 15 is 0 Å². The Hall–Kier alpha value is -0.970. The van der Waals surface area contributed by atoms with Crippen molar-refractivity contribution in [1.82, 2.24) is 0 Å². The smallest absolute Gasteiger partial charge is 0.335 e. The molecule has 0 aliphatic carbocycles. The summed E-state index contributed by atoms with van der Waals surface area (Å²) in [7, 11) is 0. The van der Waals surface area contributed by atoms with Crippen LogP contribution in [0.4, 0.5) is 0 Å². The number of carbonyl (C=O) groups is 1. The van der Waals surface area contributed by atoms with Crippen molar-refractivity contribution in [1.29, 1.82) is 0 Å². The Kier molecular flexibility index (Phi) is 6.86. The Morgan fingerprint density at radius 2 is 1.42 bits per heavy atom. The van der Waals surface area contributed by atoms with E-state index < -0.39 is 80.1 Å². The molecule has 2 aliphatic rings. The highest BCUT2D eigenvalue weighted by atomic mass is 16.7. The molecular weight excluding hydrogens is 364 g/mol. The summed E-state index contributed by atoms with van der Waals surface area (Å²) >= 11 is 0. The molecule has 152 valence electrons.